The van der Waals surface area contributed by atoms with Crippen LogP contribution in [-0.4, -0.2) is 24.8 Å². The highest BCUT2D eigenvalue weighted by molar-refractivity contribution is 6.42. The van der Waals surface area contributed by atoms with Crippen molar-refractivity contribution in [2.75, 3.05) is 24.6 Å². The van der Waals surface area contributed by atoms with Gasteiger partial charge < -0.3 is 10.0 Å². The quantitative estimate of drug-likeness (QED) is 0.882. The predicted octanol–water partition coefficient (Wildman–Crippen LogP) is 3.20. The Bertz CT molecular complexity index is 362. The summed E-state index contributed by atoms with van der Waals surface area (Å²) in [6, 6.07) is 5.73. The molecule has 0 unspecified atom stereocenters. The third kappa shape index (κ3) is 2.62. The Balaban J connectivity index is 2.05. The lowest BCUT2D eigenvalue weighted by molar-refractivity contribution is 0.203. The lowest BCUT2D eigenvalue weighted by atomic mass is 9.97. The zero-order valence-corrected chi connectivity index (χ0v) is 10.5. The van der Waals surface area contributed by atoms with E-state index in [1.54, 1.807) is 0 Å². The summed E-state index contributed by atoms with van der Waals surface area (Å²) in [6.45, 7) is 2.25. The van der Waals surface area contributed by atoms with Crippen molar-refractivity contribution in [1.82, 2.24) is 0 Å². The van der Waals surface area contributed by atoms with Crippen LogP contribution in [0, 0.1) is 5.92 Å². The summed E-state index contributed by atoms with van der Waals surface area (Å²) in [4.78, 5) is 2.29. The molecule has 1 aliphatic heterocycles. The summed E-state index contributed by atoms with van der Waals surface area (Å²) in [5.41, 5.74) is 1.12. The Morgan fingerprint density at radius 2 is 1.88 bits per heavy atom. The number of rotatable bonds is 2. The van der Waals surface area contributed by atoms with E-state index in [0.29, 0.717) is 22.6 Å². The maximum atomic E-state index is 9.07. The van der Waals surface area contributed by atoms with Gasteiger partial charge in [0.1, 0.15) is 0 Å². The Hall–Kier alpha value is -0.440. The van der Waals surface area contributed by atoms with E-state index in [-0.39, 0.29) is 0 Å². The number of aliphatic hydroxyl groups is 1. The molecule has 0 spiro atoms. The highest BCUT2D eigenvalue weighted by Crippen LogP contribution is 2.29. The number of hydrogen-bond donors (Lipinski definition) is 1. The first-order valence-electron chi connectivity index (χ1n) is 5.51. The smallest absolute Gasteiger partial charge is 0.0612 e. The Morgan fingerprint density at radius 1 is 1.19 bits per heavy atom. The summed E-state index contributed by atoms with van der Waals surface area (Å²) in [5, 5.41) is 10.3. The first kappa shape index (κ1) is 12.0. The molecule has 0 aliphatic carbocycles. The Labute approximate surface area is 106 Å². The first-order chi connectivity index (χ1) is 7.70. The van der Waals surface area contributed by atoms with Crippen molar-refractivity contribution in [3.05, 3.63) is 28.2 Å². The summed E-state index contributed by atoms with van der Waals surface area (Å²) < 4.78 is 0. The van der Waals surface area contributed by atoms with Gasteiger partial charge in [0.05, 0.1) is 10.0 Å². The van der Waals surface area contributed by atoms with Gasteiger partial charge in [0, 0.05) is 25.4 Å². The van der Waals surface area contributed by atoms with Crippen molar-refractivity contribution >= 4 is 28.9 Å². The minimum absolute atomic E-state index is 0.301. The van der Waals surface area contributed by atoms with E-state index in [1.165, 1.54) is 0 Å². The molecule has 0 atom stereocenters. The molecule has 4 heteroatoms. The number of nitrogens with zero attached hydrogens (tertiary/aromatic N) is 1. The average Bonchev–Trinajstić information content (AvgIpc) is 2.33. The monoisotopic (exact) mass is 259 g/mol. The fourth-order valence-electron chi connectivity index (χ4n) is 2.06. The van der Waals surface area contributed by atoms with Crippen LogP contribution in [0.25, 0.3) is 0 Å². The number of piperidine rings is 1. The summed E-state index contributed by atoms with van der Waals surface area (Å²) in [6.07, 6.45) is 2.08. The van der Waals surface area contributed by atoms with Crippen molar-refractivity contribution in [3.8, 4) is 0 Å². The van der Waals surface area contributed by atoms with Gasteiger partial charge in [-0.25, -0.2) is 0 Å². The fourth-order valence-corrected chi connectivity index (χ4v) is 2.35. The first-order valence-corrected chi connectivity index (χ1v) is 6.27. The fraction of sp³-hybridized carbons (Fsp3) is 0.500. The van der Waals surface area contributed by atoms with Gasteiger partial charge in [0.25, 0.3) is 0 Å². The van der Waals surface area contributed by atoms with Gasteiger partial charge in [-0.05, 0) is 37.0 Å². The van der Waals surface area contributed by atoms with E-state index in [2.05, 4.69) is 4.90 Å². The summed E-state index contributed by atoms with van der Waals surface area (Å²) in [5.74, 6) is 0.457. The highest BCUT2D eigenvalue weighted by atomic mass is 35.5. The number of benzene rings is 1. The molecule has 1 saturated heterocycles. The highest BCUT2D eigenvalue weighted by Gasteiger charge is 2.18. The number of hydrogen-bond acceptors (Lipinski definition) is 2. The van der Waals surface area contributed by atoms with Crippen LogP contribution in [0.1, 0.15) is 12.8 Å². The van der Waals surface area contributed by atoms with Crippen LogP contribution < -0.4 is 4.90 Å². The standard InChI is InChI=1S/C12H15Cl2NO/c13-11-2-1-10(7-12(11)14)15-5-3-9(8-16)4-6-15/h1-2,7,9,16H,3-6,8H2. The third-order valence-electron chi connectivity index (χ3n) is 3.14. The van der Waals surface area contributed by atoms with E-state index in [1.807, 2.05) is 18.2 Å². The van der Waals surface area contributed by atoms with E-state index in [4.69, 9.17) is 28.3 Å². The molecule has 1 heterocycles. The Morgan fingerprint density at radius 3 is 2.44 bits per heavy atom. The van der Waals surface area contributed by atoms with Crippen LogP contribution >= 0.6 is 23.2 Å². The molecule has 0 radical (unpaired) electrons. The van der Waals surface area contributed by atoms with E-state index in [0.717, 1.165) is 31.6 Å². The molecule has 1 aromatic carbocycles. The molecule has 0 aromatic heterocycles. The predicted molar refractivity (Wildman–Crippen MR) is 68.5 cm³/mol. The normalized spacial score (nSPS) is 17.8. The second kappa shape index (κ2) is 5.26. The molecule has 1 N–H and O–H groups in total. The van der Waals surface area contributed by atoms with Gasteiger partial charge >= 0.3 is 0 Å². The zero-order chi connectivity index (χ0) is 11.5. The number of anilines is 1. The average molecular weight is 260 g/mol. The van der Waals surface area contributed by atoms with Gasteiger partial charge in [-0.15, -0.1) is 0 Å². The minimum Gasteiger partial charge on any atom is -0.396 e. The van der Waals surface area contributed by atoms with Crippen LogP contribution in [0.5, 0.6) is 0 Å². The second-order valence-electron chi connectivity index (χ2n) is 4.21. The van der Waals surface area contributed by atoms with Crippen molar-refractivity contribution in [1.29, 1.82) is 0 Å². The van der Waals surface area contributed by atoms with Crippen LogP contribution in [0.15, 0.2) is 18.2 Å². The molecule has 0 bridgehead atoms. The van der Waals surface area contributed by atoms with E-state index >= 15 is 0 Å². The molecule has 2 nitrogen and oxygen atoms in total. The molecular weight excluding hydrogens is 245 g/mol. The Kier molecular flexibility index (Phi) is 3.95. The topological polar surface area (TPSA) is 23.5 Å². The molecule has 0 amide bonds. The van der Waals surface area contributed by atoms with Crippen LogP contribution in [0.3, 0.4) is 0 Å². The second-order valence-corrected chi connectivity index (χ2v) is 5.03. The molecule has 2 rings (SSSR count). The third-order valence-corrected chi connectivity index (χ3v) is 3.88. The van der Waals surface area contributed by atoms with Crippen molar-refractivity contribution < 1.29 is 5.11 Å². The van der Waals surface area contributed by atoms with Gasteiger partial charge in [-0.1, -0.05) is 23.2 Å². The number of aliphatic hydroxyl groups excluding tert-OH is 1. The lowest BCUT2D eigenvalue weighted by Crippen LogP contribution is -2.34. The molecular formula is C12H15Cl2NO. The summed E-state index contributed by atoms with van der Waals surface area (Å²) >= 11 is 11.9. The minimum atomic E-state index is 0.301. The zero-order valence-electron chi connectivity index (χ0n) is 9.00. The molecule has 1 aromatic rings. The van der Waals surface area contributed by atoms with Crippen molar-refractivity contribution in [2.24, 2.45) is 5.92 Å². The van der Waals surface area contributed by atoms with Gasteiger partial charge in [0.15, 0.2) is 0 Å². The molecule has 1 aliphatic rings. The molecule has 88 valence electrons. The van der Waals surface area contributed by atoms with E-state index < -0.39 is 0 Å². The van der Waals surface area contributed by atoms with E-state index in [9.17, 15) is 0 Å². The maximum Gasteiger partial charge on any atom is 0.0612 e. The molecule has 0 saturated carbocycles. The number of halogens is 2. The van der Waals surface area contributed by atoms with Crippen LogP contribution in [-0.2, 0) is 0 Å². The maximum absolute atomic E-state index is 9.07. The van der Waals surface area contributed by atoms with Gasteiger partial charge in [-0.2, -0.15) is 0 Å². The van der Waals surface area contributed by atoms with Gasteiger partial charge in [-0.3, -0.25) is 0 Å². The summed E-state index contributed by atoms with van der Waals surface area (Å²) in [7, 11) is 0. The van der Waals surface area contributed by atoms with Crippen LogP contribution in [0.2, 0.25) is 10.0 Å². The SMILES string of the molecule is OCC1CCN(c2ccc(Cl)c(Cl)c2)CC1. The van der Waals surface area contributed by atoms with Crippen LogP contribution in [0.4, 0.5) is 5.69 Å². The van der Waals surface area contributed by atoms with Crippen molar-refractivity contribution in [3.63, 3.8) is 0 Å². The van der Waals surface area contributed by atoms with Gasteiger partial charge in [0.2, 0.25) is 0 Å². The lowest BCUT2D eigenvalue weighted by Gasteiger charge is -2.33. The molecule has 1 fully saturated rings. The van der Waals surface area contributed by atoms with Crippen molar-refractivity contribution in [2.45, 2.75) is 12.8 Å². The largest absolute Gasteiger partial charge is 0.396 e. The molecule has 16 heavy (non-hydrogen) atoms.